The van der Waals surface area contributed by atoms with Crippen LogP contribution in [0.4, 0.5) is 0 Å². The van der Waals surface area contributed by atoms with E-state index in [9.17, 15) is 9.59 Å². The second-order valence-electron chi connectivity index (χ2n) is 6.78. The van der Waals surface area contributed by atoms with Crippen molar-refractivity contribution in [3.8, 4) is 0 Å². The summed E-state index contributed by atoms with van der Waals surface area (Å²) in [5.41, 5.74) is 5.24. The van der Waals surface area contributed by atoms with Crippen molar-refractivity contribution in [2.45, 2.75) is 64.1 Å². The van der Waals surface area contributed by atoms with Crippen molar-refractivity contribution in [1.82, 2.24) is 5.32 Å². The standard InChI is InChI=1S/C15H26N2O3/c1-14(2)15(3,20-14)8-5-9-17-13(19)11-7-4-6-10(11)12(16)18/h10-11H,4-9H2,1-3H3,(H2,16,18)(H,17,19). The Morgan fingerprint density at radius 2 is 1.85 bits per heavy atom. The summed E-state index contributed by atoms with van der Waals surface area (Å²) in [6.07, 6.45) is 4.25. The molecule has 2 amide bonds. The molecule has 114 valence electrons. The van der Waals surface area contributed by atoms with Crippen LogP contribution in [0.5, 0.6) is 0 Å². The van der Waals surface area contributed by atoms with Crippen LogP contribution in [0.1, 0.15) is 52.9 Å². The first-order valence-electron chi connectivity index (χ1n) is 7.54. The second kappa shape index (κ2) is 5.35. The topological polar surface area (TPSA) is 84.7 Å². The summed E-state index contributed by atoms with van der Waals surface area (Å²) in [5, 5.41) is 2.93. The van der Waals surface area contributed by atoms with Crippen molar-refractivity contribution in [3.63, 3.8) is 0 Å². The van der Waals surface area contributed by atoms with Gasteiger partial charge in [-0.15, -0.1) is 0 Å². The van der Waals surface area contributed by atoms with Crippen molar-refractivity contribution in [2.75, 3.05) is 6.54 Å². The molecule has 0 spiro atoms. The molecule has 3 unspecified atom stereocenters. The van der Waals surface area contributed by atoms with Crippen molar-refractivity contribution in [2.24, 2.45) is 17.6 Å². The summed E-state index contributed by atoms with van der Waals surface area (Å²) in [6, 6.07) is 0. The maximum absolute atomic E-state index is 12.1. The summed E-state index contributed by atoms with van der Waals surface area (Å²) in [6.45, 7) is 6.91. The third-order valence-corrected chi connectivity index (χ3v) is 5.06. The van der Waals surface area contributed by atoms with Crippen LogP contribution in [0.2, 0.25) is 0 Å². The number of hydrogen-bond acceptors (Lipinski definition) is 3. The smallest absolute Gasteiger partial charge is 0.223 e. The Labute approximate surface area is 120 Å². The average Bonchev–Trinajstić information content (AvgIpc) is 2.76. The molecule has 2 rings (SSSR count). The van der Waals surface area contributed by atoms with Crippen LogP contribution in [0.15, 0.2) is 0 Å². The van der Waals surface area contributed by atoms with E-state index in [1.54, 1.807) is 0 Å². The number of primary amides is 1. The first kappa shape index (κ1) is 15.3. The van der Waals surface area contributed by atoms with Gasteiger partial charge in [0.2, 0.25) is 11.8 Å². The Hall–Kier alpha value is -1.10. The highest BCUT2D eigenvalue weighted by atomic mass is 16.6. The number of carbonyl (C=O) groups is 2. The summed E-state index contributed by atoms with van der Waals surface area (Å²) in [4.78, 5) is 23.4. The lowest BCUT2D eigenvalue weighted by Crippen LogP contribution is -2.38. The molecule has 20 heavy (non-hydrogen) atoms. The van der Waals surface area contributed by atoms with E-state index < -0.39 is 0 Å². The molecule has 2 fully saturated rings. The predicted molar refractivity (Wildman–Crippen MR) is 75.8 cm³/mol. The monoisotopic (exact) mass is 282 g/mol. The van der Waals surface area contributed by atoms with Gasteiger partial charge in [0, 0.05) is 18.4 Å². The fraction of sp³-hybridized carbons (Fsp3) is 0.867. The van der Waals surface area contributed by atoms with Crippen LogP contribution in [0, 0.1) is 11.8 Å². The molecule has 0 bridgehead atoms. The van der Waals surface area contributed by atoms with E-state index in [1.807, 2.05) is 0 Å². The molecule has 2 aliphatic rings. The minimum atomic E-state index is -0.344. The van der Waals surface area contributed by atoms with E-state index in [1.165, 1.54) is 0 Å². The van der Waals surface area contributed by atoms with Crippen LogP contribution < -0.4 is 11.1 Å². The lowest BCUT2D eigenvalue weighted by Gasteiger charge is -2.16. The third-order valence-electron chi connectivity index (χ3n) is 5.06. The molecule has 5 nitrogen and oxygen atoms in total. The van der Waals surface area contributed by atoms with Gasteiger partial charge in [0.15, 0.2) is 0 Å². The summed E-state index contributed by atoms with van der Waals surface area (Å²) >= 11 is 0. The lowest BCUT2D eigenvalue weighted by molar-refractivity contribution is -0.132. The Morgan fingerprint density at radius 3 is 2.40 bits per heavy atom. The fourth-order valence-corrected chi connectivity index (χ4v) is 3.27. The maximum Gasteiger partial charge on any atom is 0.223 e. The summed E-state index contributed by atoms with van der Waals surface area (Å²) in [5.74, 6) is -0.870. The maximum atomic E-state index is 12.1. The first-order valence-corrected chi connectivity index (χ1v) is 7.54. The van der Waals surface area contributed by atoms with Gasteiger partial charge in [0.1, 0.15) is 0 Å². The van der Waals surface area contributed by atoms with Crippen molar-refractivity contribution >= 4 is 11.8 Å². The molecule has 3 atom stereocenters. The third kappa shape index (κ3) is 2.97. The first-order chi connectivity index (χ1) is 9.27. The molecule has 0 aromatic carbocycles. The van der Waals surface area contributed by atoms with Crippen molar-refractivity contribution in [3.05, 3.63) is 0 Å². The number of carbonyl (C=O) groups excluding carboxylic acids is 2. The van der Waals surface area contributed by atoms with Gasteiger partial charge in [-0.05, 0) is 46.5 Å². The number of hydrogen-bond donors (Lipinski definition) is 2. The Kier molecular flexibility index (Phi) is 4.09. The fourth-order valence-electron chi connectivity index (χ4n) is 3.27. The van der Waals surface area contributed by atoms with Gasteiger partial charge in [0.05, 0.1) is 11.2 Å². The minimum absolute atomic E-state index is 0.0209. The number of rotatable bonds is 6. The van der Waals surface area contributed by atoms with Crippen molar-refractivity contribution < 1.29 is 14.3 Å². The van der Waals surface area contributed by atoms with Gasteiger partial charge in [-0.1, -0.05) is 6.42 Å². The molecule has 0 radical (unpaired) electrons. The predicted octanol–water partition coefficient (Wildman–Crippen LogP) is 1.35. The molecule has 5 heteroatoms. The molecule has 1 saturated heterocycles. The van der Waals surface area contributed by atoms with Gasteiger partial charge >= 0.3 is 0 Å². The number of nitrogens with two attached hydrogens (primary N) is 1. The Morgan fingerprint density at radius 1 is 1.25 bits per heavy atom. The average molecular weight is 282 g/mol. The SMILES string of the molecule is CC1(C)OC1(C)CCCNC(=O)C1CCCC1C(N)=O. The largest absolute Gasteiger partial charge is 0.369 e. The molecule has 0 aromatic heterocycles. The van der Waals surface area contributed by atoms with Gasteiger partial charge in [-0.25, -0.2) is 0 Å². The quantitative estimate of drug-likeness (QED) is 0.569. The molecule has 3 N–H and O–H groups in total. The normalized spacial score (nSPS) is 34.8. The van der Waals surface area contributed by atoms with Crippen LogP contribution in [0.3, 0.4) is 0 Å². The van der Waals surface area contributed by atoms with Crippen LogP contribution in [-0.2, 0) is 14.3 Å². The van der Waals surface area contributed by atoms with E-state index in [0.717, 1.165) is 32.1 Å². The second-order valence-corrected chi connectivity index (χ2v) is 6.78. The van der Waals surface area contributed by atoms with E-state index in [4.69, 9.17) is 10.5 Å². The molecular formula is C15H26N2O3. The molecule has 1 saturated carbocycles. The highest BCUT2D eigenvalue weighted by molar-refractivity contribution is 5.87. The molecule has 1 heterocycles. The van der Waals surface area contributed by atoms with Crippen molar-refractivity contribution in [1.29, 1.82) is 0 Å². The molecule has 1 aliphatic heterocycles. The molecule has 1 aliphatic carbocycles. The number of epoxide rings is 1. The van der Waals surface area contributed by atoms with E-state index in [0.29, 0.717) is 6.54 Å². The zero-order valence-electron chi connectivity index (χ0n) is 12.7. The Balaban J connectivity index is 1.69. The zero-order valence-corrected chi connectivity index (χ0v) is 12.7. The zero-order chi connectivity index (χ0) is 15.0. The van der Waals surface area contributed by atoms with Gasteiger partial charge < -0.3 is 15.8 Å². The highest BCUT2D eigenvalue weighted by Gasteiger charge is 2.59. The summed E-state index contributed by atoms with van der Waals surface area (Å²) in [7, 11) is 0. The van der Waals surface area contributed by atoms with Gasteiger partial charge in [-0.3, -0.25) is 9.59 Å². The van der Waals surface area contributed by atoms with Crippen LogP contribution in [0.25, 0.3) is 0 Å². The number of amides is 2. The molecular weight excluding hydrogens is 256 g/mol. The van der Waals surface area contributed by atoms with E-state index in [2.05, 4.69) is 26.1 Å². The minimum Gasteiger partial charge on any atom is -0.369 e. The number of nitrogens with one attached hydrogen (secondary N) is 1. The van der Waals surface area contributed by atoms with Gasteiger partial charge in [0.25, 0.3) is 0 Å². The van der Waals surface area contributed by atoms with E-state index in [-0.39, 0.29) is 34.9 Å². The van der Waals surface area contributed by atoms with Gasteiger partial charge in [-0.2, -0.15) is 0 Å². The Bertz CT molecular complexity index is 408. The van der Waals surface area contributed by atoms with Crippen LogP contribution in [-0.4, -0.2) is 29.6 Å². The summed E-state index contributed by atoms with van der Waals surface area (Å²) < 4.78 is 5.67. The highest BCUT2D eigenvalue weighted by Crippen LogP contribution is 2.50. The molecule has 0 aromatic rings. The van der Waals surface area contributed by atoms with Crippen LogP contribution >= 0.6 is 0 Å². The number of ether oxygens (including phenoxy) is 1. The lowest BCUT2D eigenvalue weighted by atomic mass is 9.93. The van der Waals surface area contributed by atoms with E-state index >= 15 is 0 Å².